The number of fused-ring (bicyclic) bond motifs is 3. The van der Waals surface area contributed by atoms with Gasteiger partial charge in [-0.1, -0.05) is 18.2 Å². The third-order valence-electron chi connectivity index (χ3n) is 5.44. The van der Waals surface area contributed by atoms with Crippen molar-refractivity contribution in [2.75, 3.05) is 25.0 Å². The second kappa shape index (κ2) is 6.96. The zero-order chi connectivity index (χ0) is 17.2. The predicted molar refractivity (Wildman–Crippen MR) is 97.6 cm³/mol. The summed E-state index contributed by atoms with van der Waals surface area (Å²) in [6.45, 7) is 3.07. The highest BCUT2D eigenvalue weighted by atomic mass is 19.1. The van der Waals surface area contributed by atoms with E-state index in [4.69, 9.17) is 0 Å². The van der Waals surface area contributed by atoms with Gasteiger partial charge >= 0.3 is 0 Å². The van der Waals surface area contributed by atoms with Crippen LogP contribution in [-0.2, 0) is 0 Å². The van der Waals surface area contributed by atoms with Crippen LogP contribution in [0.4, 0.5) is 10.1 Å². The van der Waals surface area contributed by atoms with Crippen molar-refractivity contribution in [2.45, 2.75) is 31.2 Å². The largest absolute Gasteiger partial charge is 0.381 e. The molecule has 4 rings (SSSR count). The van der Waals surface area contributed by atoms with Crippen molar-refractivity contribution in [2.24, 2.45) is 0 Å². The Balaban J connectivity index is 1.30. The molecular weight excluding hydrogens is 315 g/mol. The smallest absolute Gasteiger partial charge is 0.162 e. The molecule has 2 heterocycles. The summed E-state index contributed by atoms with van der Waals surface area (Å²) in [4.78, 5) is 14.7. The summed E-state index contributed by atoms with van der Waals surface area (Å²) in [6, 6.07) is 15.0. The zero-order valence-corrected chi connectivity index (χ0v) is 14.2. The van der Waals surface area contributed by atoms with Gasteiger partial charge in [0.25, 0.3) is 0 Å². The van der Waals surface area contributed by atoms with Gasteiger partial charge in [0.05, 0.1) is 0 Å². The molecule has 25 heavy (non-hydrogen) atoms. The summed E-state index contributed by atoms with van der Waals surface area (Å²) in [5, 5.41) is 3.65. The highest BCUT2D eigenvalue weighted by molar-refractivity contribution is 5.95. The minimum atomic E-state index is -0.301. The fraction of sp³-hybridized carbons (Fsp3) is 0.381. The number of likely N-dealkylation sites (tertiary alicyclic amines) is 1. The normalized spacial score (nSPS) is 22.1. The molecule has 3 nitrogen and oxygen atoms in total. The quantitative estimate of drug-likeness (QED) is 0.834. The Bertz CT molecular complexity index is 759. The Kier molecular flexibility index (Phi) is 4.53. The number of hydrogen-bond donors (Lipinski definition) is 1. The van der Waals surface area contributed by atoms with E-state index in [1.54, 1.807) is 12.1 Å². The number of nitrogens with one attached hydrogen (secondary N) is 1. The lowest BCUT2D eigenvalue weighted by molar-refractivity contribution is 0.0971. The molecule has 1 fully saturated rings. The van der Waals surface area contributed by atoms with Crippen LogP contribution in [0.15, 0.2) is 48.5 Å². The van der Waals surface area contributed by atoms with Crippen LogP contribution in [0.25, 0.3) is 0 Å². The Morgan fingerprint density at radius 2 is 1.96 bits per heavy atom. The standard InChI is InChI=1S/C21H23FN2O/c22-16-9-7-15(8-10-16)21(25)6-3-12-24-13-11-20-18(14-24)17-4-1-2-5-19(17)23-20/h1-2,4-5,7-10,18,20,23H,3,6,11-14H2. The molecule has 0 spiro atoms. The maximum Gasteiger partial charge on any atom is 0.162 e. The van der Waals surface area contributed by atoms with Gasteiger partial charge in [0.1, 0.15) is 5.82 Å². The third-order valence-corrected chi connectivity index (χ3v) is 5.44. The van der Waals surface area contributed by atoms with Crippen molar-refractivity contribution < 1.29 is 9.18 Å². The first-order valence-corrected chi connectivity index (χ1v) is 9.07. The molecule has 0 aliphatic carbocycles. The third kappa shape index (κ3) is 3.45. The van der Waals surface area contributed by atoms with E-state index in [0.717, 1.165) is 32.5 Å². The molecule has 0 bridgehead atoms. The van der Waals surface area contributed by atoms with Crippen molar-refractivity contribution in [3.05, 3.63) is 65.5 Å². The summed E-state index contributed by atoms with van der Waals surface area (Å²) in [7, 11) is 0. The van der Waals surface area contributed by atoms with Crippen molar-refractivity contribution in [1.29, 1.82) is 0 Å². The minimum absolute atomic E-state index is 0.0998. The summed E-state index contributed by atoms with van der Waals surface area (Å²) in [6.07, 6.45) is 2.51. The number of Topliss-reactive ketones (excluding diaryl/α,β-unsaturated/α-hetero) is 1. The van der Waals surface area contributed by atoms with Crippen LogP contribution >= 0.6 is 0 Å². The monoisotopic (exact) mass is 338 g/mol. The van der Waals surface area contributed by atoms with Gasteiger partial charge in [-0.05, 0) is 55.3 Å². The summed E-state index contributed by atoms with van der Waals surface area (Å²) < 4.78 is 12.9. The lowest BCUT2D eigenvalue weighted by Crippen LogP contribution is -2.42. The van der Waals surface area contributed by atoms with Crippen LogP contribution in [-0.4, -0.2) is 36.4 Å². The summed E-state index contributed by atoms with van der Waals surface area (Å²) >= 11 is 0. The van der Waals surface area contributed by atoms with Gasteiger partial charge in [0.2, 0.25) is 0 Å². The maximum atomic E-state index is 12.9. The van der Waals surface area contributed by atoms with Crippen LogP contribution in [0.2, 0.25) is 0 Å². The molecule has 1 saturated heterocycles. The Labute approximate surface area is 147 Å². The molecule has 0 radical (unpaired) electrons. The number of rotatable bonds is 5. The molecule has 0 amide bonds. The van der Waals surface area contributed by atoms with Crippen molar-refractivity contribution in [3.8, 4) is 0 Å². The maximum absolute atomic E-state index is 12.9. The summed E-state index contributed by atoms with van der Waals surface area (Å²) in [5.41, 5.74) is 3.32. The van der Waals surface area contributed by atoms with E-state index in [-0.39, 0.29) is 11.6 Å². The topological polar surface area (TPSA) is 32.3 Å². The van der Waals surface area contributed by atoms with E-state index in [0.29, 0.717) is 23.9 Å². The number of nitrogens with zero attached hydrogens (tertiary/aromatic N) is 1. The second-order valence-corrected chi connectivity index (χ2v) is 7.07. The highest BCUT2D eigenvalue weighted by Gasteiger charge is 2.36. The van der Waals surface area contributed by atoms with E-state index < -0.39 is 0 Å². The molecule has 130 valence electrons. The highest BCUT2D eigenvalue weighted by Crippen LogP contribution is 2.39. The van der Waals surface area contributed by atoms with Crippen molar-refractivity contribution in [1.82, 2.24) is 4.90 Å². The van der Waals surface area contributed by atoms with E-state index in [1.807, 2.05) is 0 Å². The number of benzene rings is 2. The molecule has 2 atom stereocenters. The number of para-hydroxylation sites is 1. The van der Waals surface area contributed by atoms with Gasteiger partial charge in [-0.2, -0.15) is 0 Å². The number of hydrogen-bond acceptors (Lipinski definition) is 3. The van der Waals surface area contributed by atoms with Crippen LogP contribution in [0.3, 0.4) is 0 Å². The van der Waals surface area contributed by atoms with Crippen LogP contribution in [0.1, 0.15) is 41.1 Å². The number of carbonyl (C=O) groups is 1. The van der Waals surface area contributed by atoms with Crippen LogP contribution < -0.4 is 5.32 Å². The fourth-order valence-corrected chi connectivity index (χ4v) is 4.11. The number of carbonyl (C=O) groups excluding carboxylic acids is 1. The average Bonchev–Trinajstić information content (AvgIpc) is 3.00. The van der Waals surface area contributed by atoms with Crippen molar-refractivity contribution >= 4 is 11.5 Å². The van der Waals surface area contributed by atoms with Gasteiger partial charge in [0.15, 0.2) is 5.78 Å². The second-order valence-electron chi connectivity index (χ2n) is 7.07. The number of anilines is 1. The SMILES string of the molecule is O=C(CCCN1CCC2Nc3ccccc3C2C1)c1ccc(F)cc1. The first-order valence-electron chi connectivity index (χ1n) is 9.07. The van der Waals surface area contributed by atoms with Gasteiger partial charge in [0, 0.05) is 42.7 Å². The van der Waals surface area contributed by atoms with Crippen molar-refractivity contribution in [3.63, 3.8) is 0 Å². The molecule has 2 unspecified atom stereocenters. The zero-order valence-electron chi connectivity index (χ0n) is 14.2. The van der Waals surface area contributed by atoms with E-state index in [1.165, 1.54) is 23.4 Å². The van der Waals surface area contributed by atoms with E-state index >= 15 is 0 Å². The molecule has 2 aromatic carbocycles. The van der Waals surface area contributed by atoms with Gasteiger partial charge in [-0.3, -0.25) is 4.79 Å². The Morgan fingerprint density at radius 3 is 2.80 bits per heavy atom. The molecular formula is C21H23FN2O. The lowest BCUT2D eigenvalue weighted by Gasteiger charge is -2.35. The fourth-order valence-electron chi connectivity index (χ4n) is 4.11. The molecule has 0 aromatic heterocycles. The molecule has 2 aliphatic rings. The first-order chi connectivity index (χ1) is 12.2. The Hall–Kier alpha value is -2.20. The molecule has 4 heteroatoms. The number of piperidine rings is 1. The van der Waals surface area contributed by atoms with Gasteiger partial charge in [-0.15, -0.1) is 0 Å². The van der Waals surface area contributed by atoms with E-state index in [9.17, 15) is 9.18 Å². The summed E-state index contributed by atoms with van der Waals surface area (Å²) in [5.74, 6) is 0.352. The first kappa shape index (κ1) is 16.3. The molecule has 2 aliphatic heterocycles. The van der Waals surface area contributed by atoms with Crippen LogP contribution in [0, 0.1) is 5.82 Å². The van der Waals surface area contributed by atoms with Crippen LogP contribution in [0.5, 0.6) is 0 Å². The molecule has 0 saturated carbocycles. The predicted octanol–water partition coefficient (Wildman–Crippen LogP) is 4.07. The lowest BCUT2D eigenvalue weighted by atomic mass is 9.89. The molecule has 1 N–H and O–H groups in total. The Morgan fingerprint density at radius 1 is 1.16 bits per heavy atom. The molecule has 2 aromatic rings. The minimum Gasteiger partial charge on any atom is -0.381 e. The number of ketones is 1. The average molecular weight is 338 g/mol. The number of halogens is 1. The van der Waals surface area contributed by atoms with E-state index in [2.05, 4.69) is 34.5 Å². The van der Waals surface area contributed by atoms with Gasteiger partial charge < -0.3 is 10.2 Å². The van der Waals surface area contributed by atoms with Gasteiger partial charge in [-0.25, -0.2) is 4.39 Å².